The normalized spacial score (nSPS) is 13.5. The lowest BCUT2D eigenvalue weighted by Gasteiger charge is -2.27. The molecule has 0 aliphatic carbocycles. The van der Waals surface area contributed by atoms with Crippen molar-refractivity contribution < 1.29 is 20.1 Å². The number of hydrogen-bond acceptors (Lipinski definition) is 3. The van der Waals surface area contributed by atoms with Gasteiger partial charge in [-0.05, 0) is 19.8 Å². The summed E-state index contributed by atoms with van der Waals surface area (Å²) in [5.41, 5.74) is -0.964. The van der Waals surface area contributed by atoms with Gasteiger partial charge in [0.25, 0.3) is 0 Å². The molecule has 0 aromatic heterocycles. The van der Waals surface area contributed by atoms with Gasteiger partial charge >= 0.3 is 5.97 Å². The van der Waals surface area contributed by atoms with Gasteiger partial charge in [-0.25, -0.2) is 0 Å². The Kier molecular flexibility index (Phi) is 7.62. The van der Waals surface area contributed by atoms with E-state index in [4.69, 9.17) is 5.11 Å². The zero-order valence-corrected chi connectivity index (χ0v) is 10.5. The summed E-state index contributed by atoms with van der Waals surface area (Å²) in [6.45, 7) is 10.3. The van der Waals surface area contributed by atoms with Crippen molar-refractivity contribution in [1.29, 1.82) is 0 Å². The summed E-state index contributed by atoms with van der Waals surface area (Å²) < 4.78 is 0. The highest BCUT2D eigenvalue weighted by Crippen LogP contribution is 2.15. The van der Waals surface area contributed by atoms with E-state index in [-0.39, 0.29) is 11.8 Å². The molecule has 0 radical (unpaired) electrons. The summed E-state index contributed by atoms with van der Waals surface area (Å²) in [7, 11) is 0. The molecule has 0 saturated heterocycles. The van der Waals surface area contributed by atoms with E-state index in [1.165, 1.54) is 0 Å². The highest BCUT2D eigenvalue weighted by atomic mass is 16.4. The molecule has 0 bridgehead atoms. The molecule has 0 aliphatic heterocycles. The van der Waals surface area contributed by atoms with Gasteiger partial charge < -0.3 is 15.3 Å². The smallest absolute Gasteiger partial charge is 0.305 e. The minimum Gasteiger partial charge on any atom is -0.481 e. The predicted octanol–water partition coefficient (Wildman–Crippen LogP) is 1.50. The molecule has 1 atom stereocenters. The maximum Gasteiger partial charge on any atom is 0.305 e. The van der Waals surface area contributed by atoms with Gasteiger partial charge in [0.15, 0.2) is 0 Å². The molecule has 0 fully saturated rings. The zero-order chi connectivity index (χ0) is 12.8. The fraction of sp³-hybridized carbons (Fsp3) is 0.909. The minimum atomic E-state index is -0.964. The van der Waals surface area contributed by atoms with Crippen LogP contribution in [0.2, 0.25) is 0 Å². The van der Waals surface area contributed by atoms with Gasteiger partial charge in [0, 0.05) is 0 Å². The summed E-state index contributed by atoms with van der Waals surface area (Å²) in [5.74, 6) is -0.856. The molecule has 0 aliphatic rings. The topological polar surface area (TPSA) is 77.8 Å². The Morgan fingerprint density at radius 1 is 1.13 bits per heavy atom. The van der Waals surface area contributed by atoms with Crippen LogP contribution in [0.25, 0.3) is 0 Å². The van der Waals surface area contributed by atoms with Crippen LogP contribution in [0.4, 0.5) is 0 Å². The maximum absolute atomic E-state index is 9.70. The van der Waals surface area contributed by atoms with Crippen LogP contribution in [0.1, 0.15) is 41.5 Å². The van der Waals surface area contributed by atoms with Crippen molar-refractivity contribution in [2.24, 2.45) is 11.8 Å². The Balaban J connectivity index is 0. The highest BCUT2D eigenvalue weighted by Gasteiger charge is 2.26. The van der Waals surface area contributed by atoms with Crippen LogP contribution in [0, 0.1) is 11.8 Å². The Morgan fingerprint density at radius 2 is 1.40 bits per heavy atom. The van der Waals surface area contributed by atoms with E-state index < -0.39 is 17.7 Å². The molecule has 0 saturated carbocycles. The fourth-order valence-electron chi connectivity index (χ4n) is 0.816. The van der Waals surface area contributed by atoms with Crippen molar-refractivity contribution in [2.45, 2.75) is 53.2 Å². The summed E-state index contributed by atoms with van der Waals surface area (Å²) in [6, 6.07) is 0. The first-order valence-corrected chi connectivity index (χ1v) is 5.13. The zero-order valence-electron chi connectivity index (χ0n) is 10.5. The van der Waals surface area contributed by atoms with Crippen molar-refractivity contribution >= 4 is 5.97 Å². The number of aliphatic hydroxyl groups excluding tert-OH is 1. The third-order valence-corrected chi connectivity index (χ3v) is 1.85. The summed E-state index contributed by atoms with van der Waals surface area (Å²) in [4.78, 5) is 9.70. The first kappa shape index (κ1) is 16.8. The molecule has 92 valence electrons. The molecular weight excluding hydrogens is 196 g/mol. The third kappa shape index (κ3) is 9.69. The Hall–Kier alpha value is -0.610. The Morgan fingerprint density at radius 3 is 1.40 bits per heavy atom. The molecule has 0 spiro atoms. The number of rotatable bonds is 3. The van der Waals surface area contributed by atoms with E-state index in [0.717, 1.165) is 0 Å². The van der Waals surface area contributed by atoms with Crippen molar-refractivity contribution in [3.63, 3.8) is 0 Å². The number of aliphatic hydroxyl groups is 2. The van der Waals surface area contributed by atoms with E-state index in [0.29, 0.717) is 0 Å². The van der Waals surface area contributed by atoms with E-state index >= 15 is 0 Å². The molecule has 15 heavy (non-hydrogen) atoms. The number of carboxylic acid groups (broad SMARTS) is 1. The van der Waals surface area contributed by atoms with E-state index in [9.17, 15) is 15.0 Å². The van der Waals surface area contributed by atoms with Crippen LogP contribution in [-0.4, -0.2) is 33.0 Å². The quantitative estimate of drug-likeness (QED) is 0.673. The van der Waals surface area contributed by atoms with Gasteiger partial charge in [-0.1, -0.05) is 27.7 Å². The molecule has 1 unspecified atom stereocenters. The summed E-state index contributed by atoms with van der Waals surface area (Å²) in [6.07, 6.45) is -0.627. The molecule has 0 heterocycles. The van der Waals surface area contributed by atoms with Gasteiger partial charge in [0.05, 0.1) is 17.6 Å². The number of hydrogen-bond donors (Lipinski definition) is 3. The molecule has 3 N–H and O–H groups in total. The first-order chi connectivity index (χ1) is 6.50. The highest BCUT2D eigenvalue weighted by molar-refractivity contribution is 5.68. The molecule has 0 aromatic carbocycles. The average molecular weight is 220 g/mol. The number of aliphatic carboxylic acids is 1. The van der Waals surface area contributed by atoms with Crippen molar-refractivity contribution in [2.75, 3.05) is 0 Å². The van der Waals surface area contributed by atoms with E-state index in [1.54, 1.807) is 27.7 Å². The Bertz CT molecular complexity index is 180. The first-order valence-electron chi connectivity index (χ1n) is 5.13. The lowest BCUT2D eigenvalue weighted by Crippen LogP contribution is -2.39. The SMILES string of the molecule is CC(C)C(=O)O.CC(C)C(O)C(C)(C)O. The largest absolute Gasteiger partial charge is 0.481 e. The van der Waals surface area contributed by atoms with Crippen LogP contribution < -0.4 is 0 Å². The van der Waals surface area contributed by atoms with Crippen LogP contribution in [0.15, 0.2) is 0 Å². The van der Waals surface area contributed by atoms with Gasteiger partial charge in [-0.3, -0.25) is 4.79 Å². The standard InChI is InChI=1S/C7H16O2.C4H8O2/c1-5(2)6(8)7(3,4)9;1-3(2)4(5)6/h5-6,8-9H,1-4H3;3H,1-2H3,(H,5,6). The Labute approximate surface area is 91.9 Å². The minimum absolute atomic E-state index is 0.116. The van der Waals surface area contributed by atoms with E-state index in [2.05, 4.69) is 0 Å². The average Bonchev–Trinajstić information content (AvgIpc) is 2.02. The van der Waals surface area contributed by atoms with Crippen molar-refractivity contribution in [1.82, 2.24) is 0 Å². The van der Waals surface area contributed by atoms with Crippen LogP contribution in [-0.2, 0) is 4.79 Å². The van der Waals surface area contributed by atoms with E-state index in [1.807, 2.05) is 13.8 Å². The maximum atomic E-state index is 9.70. The van der Waals surface area contributed by atoms with Crippen LogP contribution >= 0.6 is 0 Å². The second-order valence-electron chi connectivity index (χ2n) is 4.84. The second kappa shape index (κ2) is 6.80. The number of carboxylic acids is 1. The van der Waals surface area contributed by atoms with Crippen molar-refractivity contribution in [3.05, 3.63) is 0 Å². The molecule has 0 amide bonds. The van der Waals surface area contributed by atoms with Gasteiger partial charge in [-0.2, -0.15) is 0 Å². The van der Waals surface area contributed by atoms with Crippen LogP contribution in [0.5, 0.6) is 0 Å². The molecular formula is C11H24O4. The molecule has 0 rings (SSSR count). The fourth-order valence-corrected chi connectivity index (χ4v) is 0.816. The monoisotopic (exact) mass is 220 g/mol. The molecule has 4 nitrogen and oxygen atoms in total. The van der Waals surface area contributed by atoms with Gasteiger partial charge in [-0.15, -0.1) is 0 Å². The lowest BCUT2D eigenvalue weighted by atomic mass is 9.93. The molecule has 4 heteroatoms. The summed E-state index contributed by atoms with van der Waals surface area (Å²) >= 11 is 0. The molecule has 0 aromatic rings. The van der Waals surface area contributed by atoms with Crippen molar-refractivity contribution in [3.8, 4) is 0 Å². The van der Waals surface area contributed by atoms with Crippen LogP contribution in [0.3, 0.4) is 0 Å². The van der Waals surface area contributed by atoms with Gasteiger partial charge in [0.1, 0.15) is 0 Å². The predicted molar refractivity (Wildman–Crippen MR) is 59.6 cm³/mol. The number of carbonyl (C=O) groups is 1. The second-order valence-corrected chi connectivity index (χ2v) is 4.84. The summed E-state index contributed by atoms with van der Waals surface area (Å²) in [5, 5.41) is 26.4. The van der Waals surface area contributed by atoms with Gasteiger partial charge in [0.2, 0.25) is 0 Å². The third-order valence-electron chi connectivity index (χ3n) is 1.85. The lowest BCUT2D eigenvalue weighted by molar-refractivity contribution is -0.140.